The summed E-state index contributed by atoms with van der Waals surface area (Å²) in [5.41, 5.74) is 2.12. The molecule has 0 saturated heterocycles. The maximum absolute atomic E-state index is 11.7. The predicted molar refractivity (Wildman–Crippen MR) is 56.4 cm³/mol. The summed E-state index contributed by atoms with van der Waals surface area (Å²) in [5.74, 6) is -0.187. The lowest BCUT2D eigenvalue weighted by molar-refractivity contribution is -0.124. The Kier molecular flexibility index (Phi) is 2.03. The van der Waals surface area contributed by atoms with Crippen LogP contribution < -0.4 is 5.32 Å². The number of rotatable bonds is 0. The molecule has 1 N–H and O–H groups in total. The first-order chi connectivity index (χ1) is 6.92. The van der Waals surface area contributed by atoms with Crippen LogP contribution in [0.15, 0.2) is 6.20 Å². The third kappa shape index (κ3) is 1.50. The van der Waals surface area contributed by atoms with Crippen LogP contribution in [0.4, 0.5) is 0 Å². The van der Waals surface area contributed by atoms with Crippen LogP contribution in [0.2, 0.25) is 0 Å². The fourth-order valence-corrected chi connectivity index (χ4v) is 1.88. The van der Waals surface area contributed by atoms with Crippen molar-refractivity contribution in [3.63, 3.8) is 0 Å². The standard InChI is InChI=1S/C11H15N3O/c1-6-5-12-9-8(13-6)7(2)10(15)14-11(9,3)4/h5,7H,1-4H3,(H,14,15). The lowest BCUT2D eigenvalue weighted by Crippen LogP contribution is -2.49. The largest absolute Gasteiger partial charge is 0.345 e. The average molecular weight is 205 g/mol. The lowest BCUT2D eigenvalue weighted by Gasteiger charge is -2.34. The lowest BCUT2D eigenvalue weighted by atomic mass is 9.87. The van der Waals surface area contributed by atoms with Gasteiger partial charge < -0.3 is 5.32 Å². The number of hydrogen-bond acceptors (Lipinski definition) is 3. The van der Waals surface area contributed by atoms with Crippen molar-refractivity contribution in [1.29, 1.82) is 0 Å². The van der Waals surface area contributed by atoms with Gasteiger partial charge in [0, 0.05) is 6.20 Å². The van der Waals surface area contributed by atoms with Crippen LogP contribution in [0.25, 0.3) is 0 Å². The smallest absolute Gasteiger partial charge is 0.229 e. The second kappa shape index (κ2) is 3.02. The molecule has 0 radical (unpaired) electrons. The fraction of sp³-hybridized carbons (Fsp3) is 0.545. The summed E-state index contributed by atoms with van der Waals surface area (Å²) in [4.78, 5) is 20.5. The minimum atomic E-state index is -0.417. The number of aromatic nitrogens is 2. The number of nitrogens with one attached hydrogen (secondary N) is 1. The van der Waals surface area contributed by atoms with Crippen molar-refractivity contribution in [2.75, 3.05) is 0 Å². The van der Waals surface area contributed by atoms with Crippen LogP contribution in [0.5, 0.6) is 0 Å². The Morgan fingerprint density at radius 3 is 2.80 bits per heavy atom. The zero-order valence-electron chi connectivity index (χ0n) is 9.46. The first-order valence-electron chi connectivity index (χ1n) is 5.08. The van der Waals surface area contributed by atoms with Gasteiger partial charge in [-0.2, -0.15) is 0 Å². The molecule has 0 aliphatic carbocycles. The van der Waals surface area contributed by atoms with Gasteiger partial charge in [0.25, 0.3) is 0 Å². The Balaban J connectivity index is 2.64. The van der Waals surface area contributed by atoms with Crippen molar-refractivity contribution >= 4 is 5.91 Å². The molecule has 0 spiro atoms. The van der Waals surface area contributed by atoms with E-state index in [4.69, 9.17) is 0 Å². The molecule has 1 aromatic heterocycles. The summed E-state index contributed by atoms with van der Waals surface area (Å²) >= 11 is 0. The number of hydrogen-bond donors (Lipinski definition) is 1. The van der Waals surface area contributed by atoms with Crippen LogP contribution in [0, 0.1) is 6.92 Å². The van der Waals surface area contributed by atoms with Crippen molar-refractivity contribution in [3.8, 4) is 0 Å². The highest BCUT2D eigenvalue weighted by molar-refractivity contribution is 5.85. The highest BCUT2D eigenvalue weighted by atomic mass is 16.2. The highest BCUT2D eigenvalue weighted by Crippen LogP contribution is 2.31. The molecule has 1 atom stereocenters. The Hall–Kier alpha value is -1.45. The molecule has 1 unspecified atom stereocenters. The topological polar surface area (TPSA) is 54.9 Å². The van der Waals surface area contributed by atoms with E-state index in [0.717, 1.165) is 17.1 Å². The Morgan fingerprint density at radius 1 is 1.47 bits per heavy atom. The maximum Gasteiger partial charge on any atom is 0.229 e. The average Bonchev–Trinajstić information content (AvgIpc) is 2.13. The van der Waals surface area contributed by atoms with E-state index in [1.54, 1.807) is 6.20 Å². The first-order valence-corrected chi connectivity index (χ1v) is 5.08. The van der Waals surface area contributed by atoms with Gasteiger partial charge in [-0.15, -0.1) is 0 Å². The second-order valence-corrected chi connectivity index (χ2v) is 4.58. The van der Waals surface area contributed by atoms with Gasteiger partial charge in [-0.1, -0.05) is 0 Å². The van der Waals surface area contributed by atoms with E-state index in [1.807, 2.05) is 27.7 Å². The summed E-state index contributed by atoms with van der Waals surface area (Å²) in [7, 11) is 0. The van der Waals surface area contributed by atoms with E-state index in [1.165, 1.54) is 0 Å². The maximum atomic E-state index is 11.7. The second-order valence-electron chi connectivity index (χ2n) is 4.58. The Morgan fingerprint density at radius 2 is 2.13 bits per heavy atom. The number of carbonyl (C=O) groups is 1. The summed E-state index contributed by atoms with van der Waals surface area (Å²) in [6, 6.07) is 0. The number of carbonyl (C=O) groups excluding carboxylic acids is 1. The van der Waals surface area contributed by atoms with Crippen molar-refractivity contribution in [1.82, 2.24) is 15.3 Å². The van der Waals surface area contributed by atoms with E-state index < -0.39 is 5.54 Å². The molecule has 2 rings (SSSR count). The summed E-state index contributed by atoms with van der Waals surface area (Å²) in [6.45, 7) is 7.64. The van der Waals surface area contributed by atoms with E-state index in [9.17, 15) is 4.79 Å². The third-order valence-corrected chi connectivity index (χ3v) is 2.75. The van der Waals surface area contributed by atoms with Crippen molar-refractivity contribution in [2.24, 2.45) is 0 Å². The molecule has 0 saturated carbocycles. The molecule has 80 valence electrons. The number of aryl methyl sites for hydroxylation is 1. The predicted octanol–water partition coefficient (Wildman–Crippen LogP) is 1.25. The number of amides is 1. The molecule has 4 heteroatoms. The Bertz CT molecular complexity index is 426. The van der Waals surface area contributed by atoms with Crippen LogP contribution in [0.1, 0.15) is 43.8 Å². The zero-order chi connectivity index (χ0) is 11.2. The molecule has 0 bridgehead atoms. The SMILES string of the molecule is Cc1cnc2c(n1)C(C)C(=O)NC2(C)C. The summed E-state index contributed by atoms with van der Waals surface area (Å²) < 4.78 is 0. The molecule has 2 heterocycles. The van der Waals surface area contributed by atoms with Gasteiger partial charge in [0.15, 0.2) is 0 Å². The Labute approximate surface area is 89.1 Å². The van der Waals surface area contributed by atoms with Crippen LogP contribution in [-0.4, -0.2) is 15.9 Å². The molecule has 1 aliphatic rings. The normalized spacial score (nSPS) is 23.2. The monoisotopic (exact) mass is 205 g/mol. The molecule has 15 heavy (non-hydrogen) atoms. The summed E-state index contributed by atoms with van der Waals surface area (Å²) in [6.07, 6.45) is 1.74. The van der Waals surface area contributed by atoms with Gasteiger partial charge in [-0.25, -0.2) is 0 Å². The van der Waals surface area contributed by atoms with Gasteiger partial charge in [-0.3, -0.25) is 14.8 Å². The van der Waals surface area contributed by atoms with Crippen molar-refractivity contribution < 1.29 is 4.79 Å². The van der Waals surface area contributed by atoms with Crippen LogP contribution >= 0.6 is 0 Å². The van der Waals surface area contributed by atoms with Gasteiger partial charge in [-0.05, 0) is 27.7 Å². The van der Waals surface area contributed by atoms with Gasteiger partial charge in [0.2, 0.25) is 5.91 Å². The van der Waals surface area contributed by atoms with Crippen molar-refractivity contribution in [3.05, 3.63) is 23.3 Å². The van der Waals surface area contributed by atoms with Crippen LogP contribution in [-0.2, 0) is 10.3 Å². The minimum Gasteiger partial charge on any atom is -0.345 e. The number of fused-ring (bicyclic) bond motifs is 1. The molecule has 1 amide bonds. The number of nitrogens with zero attached hydrogens (tertiary/aromatic N) is 2. The van der Waals surface area contributed by atoms with Gasteiger partial charge >= 0.3 is 0 Å². The van der Waals surface area contributed by atoms with Crippen molar-refractivity contribution in [2.45, 2.75) is 39.2 Å². The van der Waals surface area contributed by atoms with E-state index in [2.05, 4.69) is 15.3 Å². The molecular weight excluding hydrogens is 190 g/mol. The first kappa shape index (κ1) is 10.1. The minimum absolute atomic E-state index is 0.0207. The quantitative estimate of drug-likeness (QED) is 0.693. The van der Waals surface area contributed by atoms with E-state index >= 15 is 0 Å². The summed E-state index contributed by atoms with van der Waals surface area (Å²) in [5, 5.41) is 2.94. The molecule has 0 aromatic carbocycles. The van der Waals surface area contributed by atoms with Gasteiger partial charge in [0.1, 0.15) is 0 Å². The molecule has 4 nitrogen and oxygen atoms in total. The molecule has 0 fully saturated rings. The third-order valence-electron chi connectivity index (χ3n) is 2.75. The fourth-order valence-electron chi connectivity index (χ4n) is 1.88. The highest BCUT2D eigenvalue weighted by Gasteiger charge is 2.37. The van der Waals surface area contributed by atoms with Crippen LogP contribution in [0.3, 0.4) is 0 Å². The van der Waals surface area contributed by atoms with E-state index in [0.29, 0.717) is 0 Å². The molecular formula is C11H15N3O. The molecule has 1 aromatic rings. The zero-order valence-corrected chi connectivity index (χ0v) is 9.46. The molecule has 1 aliphatic heterocycles. The van der Waals surface area contributed by atoms with E-state index in [-0.39, 0.29) is 11.8 Å². The van der Waals surface area contributed by atoms with Gasteiger partial charge in [0.05, 0.1) is 28.5 Å².